The first-order valence-corrected chi connectivity index (χ1v) is 54.4. The van der Waals surface area contributed by atoms with Crippen LogP contribution in [0.4, 0.5) is 11.4 Å². The van der Waals surface area contributed by atoms with Crippen LogP contribution in [0.5, 0.6) is 0 Å². The summed E-state index contributed by atoms with van der Waals surface area (Å²) in [6.45, 7) is 39.3. The number of sulfonamides is 2. The van der Waals surface area contributed by atoms with Crippen molar-refractivity contribution in [3.8, 4) is 0 Å². The van der Waals surface area contributed by atoms with Crippen LogP contribution in [0.25, 0.3) is 0 Å². The zero-order chi connectivity index (χ0) is 101. The monoisotopic (exact) mass is 2040 g/mol. The average Bonchev–Trinajstić information content (AvgIpc) is 0.767. The number of rotatable bonds is 42. The van der Waals surface area contributed by atoms with Crippen LogP contribution in [0, 0.1) is 35.5 Å². The van der Waals surface area contributed by atoms with Crippen molar-refractivity contribution >= 4 is 117 Å². The fourth-order valence-electron chi connectivity index (χ4n) is 13.6. The van der Waals surface area contributed by atoms with E-state index in [2.05, 4.69) is 95.1 Å². The molecule has 0 unspecified atom stereocenters. The topological polar surface area (TPSA) is 410 Å². The number of anilines is 2. The Morgan fingerprint density at radius 1 is 0.515 bits per heavy atom. The second-order valence-corrected chi connectivity index (χ2v) is 45.3. The zero-order valence-electron chi connectivity index (χ0n) is 83.7. The Labute approximate surface area is 839 Å². The third-order valence-corrected chi connectivity index (χ3v) is 28.0. The molecular formula is C92H162BCl2N11NaO22S5. The first kappa shape index (κ1) is 131. The number of aldehydes is 1. The Balaban J connectivity index is 0. The summed E-state index contributed by atoms with van der Waals surface area (Å²) in [5, 5.41) is 35.4. The van der Waals surface area contributed by atoms with Crippen LogP contribution in [0.3, 0.4) is 0 Å². The van der Waals surface area contributed by atoms with Gasteiger partial charge in [0.1, 0.15) is 6.29 Å². The molecule has 1 saturated heterocycles. The third kappa shape index (κ3) is 60.5. The van der Waals surface area contributed by atoms with E-state index in [9.17, 15) is 61.3 Å². The molecule has 1 fully saturated rings. The van der Waals surface area contributed by atoms with Gasteiger partial charge in [0, 0.05) is 208 Å². The van der Waals surface area contributed by atoms with Crippen molar-refractivity contribution < 1.29 is 130 Å². The summed E-state index contributed by atoms with van der Waals surface area (Å²) in [4.78, 5) is 57.7. The van der Waals surface area contributed by atoms with E-state index >= 15 is 0 Å². The number of carbonyl (C=O) groups excluding carboxylic acids is 4. The zero-order valence-corrected chi connectivity index (χ0v) is 91.3. The smallest absolute Gasteiger partial charge is 0.793 e. The molecule has 134 heavy (non-hydrogen) atoms. The van der Waals surface area contributed by atoms with E-state index < -0.39 is 68.5 Å². The largest absolute Gasteiger partial charge is 1.00 e. The van der Waals surface area contributed by atoms with Gasteiger partial charge in [0.15, 0.2) is 0 Å². The minimum Gasteiger partial charge on any atom is -0.793 e. The molecule has 0 saturated carbocycles. The summed E-state index contributed by atoms with van der Waals surface area (Å²) in [6, 6.07) is 24.6. The molecule has 0 spiro atoms. The van der Waals surface area contributed by atoms with E-state index in [0.29, 0.717) is 112 Å². The van der Waals surface area contributed by atoms with Crippen molar-refractivity contribution in [1.29, 1.82) is 0 Å². The molecule has 3 radical (unpaired) electrons. The van der Waals surface area contributed by atoms with E-state index in [1.165, 1.54) is 24.1 Å². The molecule has 0 aromatic heterocycles. The van der Waals surface area contributed by atoms with Crippen molar-refractivity contribution in [3.05, 3.63) is 117 Å². The van der Waals surface area contributed by atoms with Gasteiger partial charge in [0.05, 0.1) is 22.7 Å². The van der Waals surface area contributed by atoms with Gasteiger partial charge in [-0.1, -0.05) is 137 Å². The second-order valence-electron chi connectivity index (χ2n) is 35.4. The molecule has 0 bridgehead atoms. The fourth-order valence-corrected chi connectivity index (χ4v) is 20.2. The molecule has 6 N–H and O–H groups in total. The van der Waals surface area contributed by atoms with E-state index in [1.807, 2.05) is 95.2 Å². The SMILES string of the molecule is CC(=O)OOC(C)=O.CC(C)CC=O.CC(C)CN(CCCO)CCCO.CC(C)CN1CCCN(S(=O)(=O)c2ccc(N(C)C)cc2)C[C@H](C)CN(S(=O)(=O)N2CCc3cc(Cl)ccc3C2)CCC1.CCCCN(CCCOS(C)(=O)=O)CC(C)C.C[C@@H](CNS(=O)(=O)c1ccc(N(C)C)cc1)CNS(=O)(=O)N1CCc2cc(Cl)ccc2C1.OCCCCCCCO.[B-]OC(C)=O.[Na+]. The minimum absolute atomic E-state index is 0. The molecule has 4 aromatic rings. The molecule has 765 valence electrons. The predicted octanol–water partition coefficient (Wildman–Crippen LogP) is 8.24. The van der Waals surface area contributed by atoms with Gasteiger partial charge in [0.2, 0.25) is 26.0 Å². The Bertz CT molecular complexity index is 4440. The van der Waals surface area contributed by atoms with Crippen molar-refractivity contribution in [2.24, 2.45) is 35.5 Å². The van der Waals surface area contributed by atoms with Gasteiger partial charge in [-0.05, 0) is 214 Å². The molecule has 7 rings (SSSR count). The second kappa shape index (κ2) is 72.6. The van der Waals surface area contributed by atoms with Gasteiger partial charge < -0.3 is 62.4 Å². The number of aliphatic hydroxyl groups excluding tert-OH is 4. The summed E-state index contributed by atoms with van der Waals surface area (Å²) in [5.41, 5.74) is 5.88. The molecule has 3 heterocycles. The number of halogens is 2. The van der Waals surface area contributed by atoms with E-state index in [0.717, 1.165) is 177 Å². The number of benzene rings is 4. The maximum atomic E-state index is 14.1. The fraction of sp³-hybridized carbons (Fsp3) is 0.696. The Kier molecular flexibility index (Phi) is 71.2. The summed E-state index contributed by atoms with van der Waals surface area (Å²) >= 11 is 12.2. The van der Waals surface area contributed by atoms with E-state index in [4.69, 9.17) is 47.8 Å². The van der Waals surface area contributed by atoms with Crippen LogP contribution < -0.4 is 48.8 Å². The summed E-state index contributed by atoms with van der Waals surface area (Å²) in [7, 11) is -6.27. The number of hydrogen-bond donors (Lipinski definition) is 6. The molecule has 3 aliphatic rings. The number of nitrogens with one attached hydrogen (secondary N) is 2. The number of nitrogens with zero attached hydrogens (tertiary/aromatic N) is 9. The molecular weight excluding hydrogens is 1880 g/mol. The predicted molar refractivity (Wildman–Crippen MR) is 533 cm³/mol. The summed E-state index contributed by atoms with van der Waals surface area (Å²) in [6.07, 6.45) is 15.3. The minimum atomic E-state index is -3.78. The van der Waals surface area contributed by atoms with Crippen LogP contribution in [-0.2, 0) is 114 Å². The molecule has 0 amide bonds. The van der Waals surface area contributed by atoms with Crippen LogP contribution in [0.2, 0.25) is 10.0 Å². The Hall–Kier alpha value is -4.61. The molecule has 0 aliphatic carbocycles. The molecule has 3 aliphatic heterocycles. The maximum Gasteiger partial charge on any atom is 1.00 e. The van der Waals surface area contributed by atoms with Gasteiger partial charge in [-0.25, -0.2) is 45.6 Å². The normalized spacial score (nSPS) is 15.1. The molecule has 4 aromatic carbocycles. The quantitative estimate of drug-likeness (QED) is 0.00607. The van der Waals surface area contributed by atoms with Crippen LogP contribution in [0.15, 0.2) is 94.7 Å². The van der Waals surface area contributed by atoms with Crippen LogP contribution in [-0.4, -0.2) is 305 Å². The Morgan fingerprint density at radius 2 is 0.925 bits per heavy atom. The first-order chi connectivity index (χ1) is 62.4. The number of hydrogen-bond acceptors (Lipinski definition) is 27. The van der Waals surface area contributed by atoms with Crippen molar-refractivity contribution in [2.75, 3.05) is 189 Å². The molecule has 33 nitrogen and oxygen atoms in total. The summed E-state index contributed by atoms with van der Waals surface area (Å²) in [5.74, 6) is 0.0851. The van der Waals surface area contributed by atoms with Gasteiger partial charge >= 0.3 is 41.5 Å². The van der Waals surface area contributed by atoms with Crippen LogP contribution in [0.1, 0.15) is 203 Å². The third-order valence-electron chi connectivity index (χ3n) is 20.2. The number of carbonyl (C=O) groups is 4. The van der Waals surface area contributed by atoms with Crippen molar-refractivity contribution in [2.45, 2.75) is 216 Å². The van der Waals surface area contributed by atoms with Gasteiger partial charge in [-0.15, -0.1) is 0 Å². The standard InChI is InChI=1S/C31H48ClN5O4S2.C21H29ClN4O4S2.C12H27NO3S.C10H23NO2.C7H16O2.C5H10O.C4H6O4.C2H3BO2.Na/c1-25(2)21-34-15-6-17-35(42(38,39)31-12-10-30(11-13-31)33(4)5)22-26(3)23-36(18-7-16-34)43(40,41)37-19-14-27-20-29(32)9-8-28(27)24-37;1-16(13-23-31(27,28)21-8-6-20(7-9-21)25(2)3)14-24-32(29,30)26-11-10-17-12-19(22)5-4-18(17)15-26;1-5-6-8-13(11-12(2)3)9-7-10-16-17(4,14)15;1-10(2)9-11(5-3-7-12)6-4-8-13;8-6-4-2-1-3-5-7-9;1-5(2)3-4-6;1-3(5)7-8-4(2)6;1-2(4)5-3;/h8-13,20,25-26H,6-7,14-19,21-24H2,1-5H3;4-9,12,16,23-24H,10-11,13-15H2,1-3H3;12H,5-11H2,1-4H3;10,12-13H,3-9H2,1-2H3;8-9H,1-7H2;4-5H,3H2,1-2H3;1-2H3;1H3;/q;;;;;;;-1;+1/t26-;16-;;;;;;;/m00......./s1. The first-order valence-electron chi connectivity index (χ1n) is 46.1. The van der Waals surface area contributed by atoms with E-state index in [-0.39, 0.29) is 97.1 Å². The van der Waals surface area contributed by atoms with Crippen molar-refractivity contribution in [3.63, 3.8) is 0 Å². The van der Waals surface area contributed by atoms with Crippen molar-refractivity contribution in [1.82, 2.24) is 41.4 Å². The maximum absolute atomic E-state index is 14.1. The van der Waals surface area contributed by atoms with E-state index in [1.54, 1.807) is 68.4 Å². The van der Waals surface area contributed by atoms with Gasteiger partial charge in [0.25, 0.3) is 30.5 Å². The summed E-state index contributed by atoms with van der Waals surface area (Å²) < 4.78 is 148. The van der Waals surface area contributed by atoms with Crippen LogP contribution >= 0.6 is 23.2 Å². The van der Waals surface area contributed by atoms with Gasteiger partial charge in [-0.3, -0.25) is 8.98 Å². The molecule has 2 atom stereocenters. The number of fused-ring (bicyclic) bond motifs is 2. The molecule has 42 heteroatoms. The number of aliphatic hydroxyl groups is 4. The van der Waals surface area contributed by atoms with Gasteiger partial charge in [-0.2, -0.15) is 42.5 Å². The Morgan fingerprint density at radius 3 is 1.32 bits per heavy atom. The number of unbranched alkanes of at least 4 members (excludes halogenated alkanes) is 5. The average molecular weight is 2040 g/mol.